The highest BCUT2D eigenvalue weighted by Gasteiger charge is 2.45. The fourth-order valence-corrected chi connectivity index (χ4v) is 3.27. The summed E-state index contributed by atoms with van der Waals surface area (Å²) in [4.78, 5) is 0. The Hall–Kier alpha value is -1.60. The average Bonchev–Trinajstić information content (AvgIpc) is 2.99. The smallest absolute Gasteiger partial charge is 0.0145 e. The molecule has 4 rings (SSSR count). The summed E-state index contributed by atoms with van der Waals surface area (Å²) in [7, 11) is 0. The van der Waals surface area contributed by atoms with Crippen LogP contribution in [0.4, 0.5) is 0 Å². The summed E-state index contributed by atoms with van der Waals surface area (Å²) < 4.78 is 0. The fraction of sp³-hybridized carbons (Fsp3) is 0.250. The van der Waals surface area contributed by atoms with E-state index in [1.165, 1.54) is 28.7 Å². The van der Waals surface area contributed by atoms with Crippen LogP contribution in [0.5, 0.6) is 0 Å². The Balaban J connectivity index is 1.96. The third-order valence-corrected chi connectivity index (χ3v) is 4.20. The third-order valence-electron chi connectivity index (χ3n) is 4.20. The van der Waals surface area contributed by atoms with Crippen molar-refractivity contribution >= 4 is 0 Å². The molecule has 0 aromatic heterocycles. The Morgan fingerprint density at radius 1 is 0.824 bits per heavy atom. The van der Waals surface area contributed by atoms with Crippen molar-refractivity contribution in [2.45, 2.75) is 18.4 Å². The van der Waals surface area contributed by atoms with E-state index in [4.69, 9.17) is 5.73 Å². The molecule has 0 radical (unpaired) electrons. The molecule has 0 aliphatic heterocycles. The van der Waals surface area contributed by atoms with E-state index in [-0.39, 0.29) is 0 Å². The first kappa shape index (κ1) is 9.43. The summed E-state index contributed by atoms with van der Waals surface area (Å²) in [6, 6.07) is 18.0. The third kappa shape index (κ3) is 1.23. The lowest BCUT2D eigenvalue weighted by molar-refractivity contribution is 0.691. The molecule has 0 heterocycles. The van der Waals surface area contributed by atoms with Gasteiger partial charge in [-0.3, -0.25) is 0 Å². The maximum absolute atomic E-state index is 6.06. The molecule has 1 heteroatoms. The van der Waals surface area contributed by atoms with Crippen molar-refractivity contribution in [1.82, 2.24) is 0 Å². The highest BCUT2D eigenvalue weighted by molar-refractivity contribution is 5.79. The SMILES string of the molecule is N[C@@H]1C[C@H]1C1c2ccccc2-c2ccccc21. The average molecular weight is 221 g/mol. The molecule has 0 bridgehead atoms. The summed E-state index contributed by atoms with van der Waals surface area (Å²) in [6.45, 7) is 0. The number of benzene rings is 2. The zero-order valence-corrected chi connectivity index (χ0v) is 9.64. The van der Waals surface area contributed by atoms with Gasteiger partial charge in [-0.05, 0) is 34.6 Å². The molecule has 0 saturated heterocycles. The lowest BCUT2D eigenvalue weighted by Gasteiger charge is -2.12. The lowest BCUT2D eigenvalue weighted by Crippen LogP contribution is -2.08. The topological polar surface area (TPSA) is 26.0 Å². The lowest BCUT2D eigenvalue weighted by atomic mass is 9.92. The van der Waals surface area contributed by atoms with Crippen LogP contribution in [-0.2, 0) is 0 Å². The maximum Gasteiger partial charge on any atom is 0.0145 e. The van der Waals surface area contributed by atoms with Crippen LogP contribution in [0.15, 0.2) is 48.5 Å². The molecule has 2 atom stereocenters. The van der Waals surface area contributed by atoms with Crippen LogP contribution in [0.1, 0.15) is 23.5 Å². The Morgan fingerprint density at radius 3 is 1.76 bits per heavy atom. The van der Waals surface area contributed by atoms with Gasteiger partial charge in [0, 0.05) is 12.0 Å². The number of nitrogens with two attached hydrogens (primary N) is 1. The van der Waals surface area contributed by atoms with Gasteiger partial charge >= 0.3 is 0 Å². The number of fused-ring (bicyclic) bond motifs is 3. The first-order chi connectivity index (χ1) is 8.36. The molecular formula is C16H15N. The summed E-state index contributed by atoms with van der Waals surface area (Å²) in [5.41, 5.74) is 11.8. The zero-order valence-electron chi connectivity index (χ0n) is 9.64. The van der Waals surface area contributed by atoms with Gasteiger partial charge in [-0.2, -0.15) is 0 Å². The monoisotopic (exact) mass is 221 g/mol. The van der Waals surface area contributed by atoms with E-state index in [0.29, 0.717) is 17.9 Å². The minimum Gasteiger partial charge on any atom is -0.327 e. The molecule has 0 unspecified atom stereocenters. The maximum atomic E-state index is 6.06. The molecule has 2 aliphatic rings. The van der Waals surface area contributed by atoms with Gasteiger partial charge in [-0.1, -0.05) is 48.5 Å². The van der Waals surface area contributed by atoms with E-state index in [0.717, 1.165) is 0 Å². The van der Waals surface area contributed by atoms with Crippen LogP contribution in [-0.4, -0.2) is 6.04 Å². The van der Waals surface area contributed by atoms with E-state index in [9.17, 15) is 0 Å². The molecule has 1 nitrogen and oxygen atoms in total. The van der Waals surface area contributed by atoms with Crippen LogP contribution >= 0.6 is 0 Å². The minimum atomic E-state index is 0.402. The van der Waals surface area contributed by atoms with Crippen molar-refractivity contribution in [3.05, 3.63) is 59.7 Å². The molecule has 1 fully saturated rings. The van der Waals surface area contributed by atoms with Crippen molar-refractivity contribution in [3.63, 3.8) is 0 Å². The normalized spacial score (nSPS) is 25.5. The van der Waals surface area contributed by atoms with Crippen molar-refractivity contribution in [2.75, 3.05) is 0 Å². The standard InChI is InChI=1S/C16H15N/c17-15-9-14(15)16-12-7-3-1-5-10(12)11-6-2-4-8-13(11)16/h1-8,14-16H,9,17H2/t14-,15-/m1/s1. The predicted octanol–water partition coefficient (Wildman–Crippen LogP) is 3.15. The molecule has 84 valence electrons. The molecule has 1 saturated carbocycles. The molecule has 2 aromatic rings. The summed E-state index contributed by atoms with van der Waals surface area (Å²) >= 11 is 0. The Bertz CT molecular complexity index is 542. The quantitative estimate of drug-likeness (QED) is 0.786. The van der Waals surface area contributed by atoms with Gasteiger partial charge in [-0.25, -0.2) is 0 Å². The highest BCUT2D eigenvalue weighted by atomic mass is 14.8. The van der Waals surface area contributed by atoms with Crippen molar-refractivity contribution in [2.24, 2.45) is 11.7 Å². The first-order valence-corrected chi connectivity index (χ1v) is 6.30. The molecule has 2 N–H and O–H groups in total. The zero-order chi connectivity index (χ0) is 11.4. The van der Waals surface area contributed by atoms with Crippen molar-refractivity contribution < 1.29 is 0 Å². The van der Waals surface area contributed by atoms with E-state index in [1.54, 1.807) is 0 Å². The number of hydrogen-bond donors (Lipinski definition) is 1. The highest BCUT2D eigenvalue weighted by Crippen LogP contribution is 2.54. The minimum absolute atomic E-state index is 0.402. The van der Waals surface area contributed by atoms with Crippen LogP contribution in [0.3, 0.4) is 0 Å². The summed E-state index contributed by atoms with van der Waals surface area (Å²) in [5, 5.41) is 0. The molecule has 0 spiro atoms. The second kappa shape index (κ2) is 3.21. The van der Waals surface area contributed by atoms with Gasteiger partial charge in [0.2, 0.25) is 0 Å². The van der Waals surface area contributed by atoms with E-state index in [1.807, 2.05) is 0 Å². The van der Waals surface area contributed by atoms with Gasteiger partial charge in [0.15, 0.2) is 0 Å². The van der Waals surface area contributed by atoms with E-state index >= 15 is 0 Å². The van der Waals surface area contributed by atoms with Gasteiger partial charge in [0.1, 0.15) is 0 Å². The molecular weight excluding hydrogens is 206 g/mol. The molecule has 0 amide bonds. The van der Waals surface area contributed by atoms with Crippen molar-refractivity contribution in [1.29, 1.82) is 0 Å². The van der Waals surface area contributed by atoms with Gasteiger partial charge < -0.3 is 5.73 Å². The van der Waals surface area contributed by atoms with E-state index in [2.05, 4.69) is 48.5 Å². The van der Waals surface area contributed by atoms with E-state index < -0.39 is 0 Å². The second-order valence-electron chi connectivity index (χ2n) is 5.22. The van der Waals surface area contributed by atoms with Crippen LogP contribution < -0.4 is 5.73 Å². The Morgan fingerprint density at radius 2 is 1.29 bits per heavy atom. The largest absolute Gasteiger partial charge is 0.327 e. The first-order valence-electron chi connectivity index (χ1n) is 6.30. The molecule has 2 aromatic carbocycles. The fourth-order valence-electron chi connectivity index (χ4n) is 3.27. The van der Waals surface area contributed by atoms with Gasteiger partial charge in [0.25, 0.3) is 0 Å². The molecule has 17 heavy (non-hydrogen) atoms. The van der Waals surface area contributed by atoms with Crippen LogP contribution in [0.2, 0.25) is 0 Å². The molecule has 2 aliphatic carbocycles. The predicted molar refractivity (Wildman–Crippen MR) is 69.8 cm³/mol. The van der Waals surface area contributed by atoms with Gasteiger partial charge in [-0.15, -0.1) is 0 Å². The second-order valence-corrected chi connectivity index (χ2v) is 5.22. The van der Waals surface area contributed by atoms with Crippen LogP contribution in [0.25, 0.3) is 11.1 Å². The van der Waals surface area contributed by atoms with Gasteiger partial charge in [0.05, 0.1) is 0 Å². The Labute approximate surface area is 101 Å². The van der Waals surface area contributed by atoms with Crippen LogP contribution in [0, 0.1) is 5.92 Å². The summed E-state index contributed by atoms with van der Waals surface area (Å²) in [5.74, 6) is 1.19. The Kier molecular flexibility index (Phi) is 1.78. The number of rotatable bonds is 1. The summed E-state index contributed by atoms with van der Waals surface area (Å²) in [6.07, 6.45) is 1.17. The van der Waals surface area contributed by atoms with Crippen molar-refractivity contribution in [3.8, 4) is 11.1 Å². The number of hydrogen-bond acceptors (Lipinski definition) is 1.